The number of H-pyrrole nitrogens is 1. The summed E-state index contributed by atoms with van der Waals surface area (Å²) in [6.07, 6.45) is 4.22. The van der Waals surface area contributed by atoms with Gasteiger partial charge in [0.25, 0.3) is 5.91 Å². The molecule has 18 heavy (non-hydrogen) atoms. The first-order valence-corrected chi connectivity index (χ1v) is 5.83. The number of ether oxygens (including phenoxy) is 1. The zero-order chi connectivity index (χ0) is 12.8. The second-order valence-electron chi connectivity index (χ2n) is 3.95. The van der Waals surface area contributed by atoms with Gasteiger partial charge in [0.2, 0.25) is 0 Å². The minimum Gasteiger partial charge on any atom is -0.497 e. The standard InChI is InChI=1S/C14H16N2O2/c1-18-13-4-2-11(3-5-13)6-9-16-14(17)12-7-8-15-10-12/h2-5,7-8,10,15H,6,9H2,1H3,(H,16,17). The van der Waals surface area contributed by atoms with E-state index in [1.54, 1.807) is 25.6 Å². The SMILES string of the molecule is COc1ccc(CCNC(=O)c2cc[nH]c2)cc1. The van der Waals surface area contributed by atoms with Gasteiger partial charge in [-0.05, 0) is 30.2 Å². The van der Waals surface area contributed by atoms with Crippen molar-refractivity contribution in [1.29, 1.82) is 0 Å². The van der Waals surface area contributed by atoms with Crippen molar-refractivity contribution < 1.29 is 9.53 Å². The van der Waals surface area contributed by atoms with Crippen LogP contribution in [0.4, 0.5) is 0 Å². The summed E-state index contributed by atoms with van der Waals surface area (Å²) in [5.74, 6) is 0.792. The number of hydrogen-bond donors (Lipinski definition) is 2. The monoisotopic (exact) mass is 244 g/mol. The molecule has 0 radical (unpaired) electrons. The fraction of sp³-hybridized carbons (Fsp3) is 0.214. The van der Waals surface area contributed by atoms with E-state index < -0.39 is 0 Å². The molecular weight excluding hydrogens is 228 g/mol. The number of methoxy groups -OCH3 is 1. The van der Waals surface area contributed by atoms with Gasteiger partial charge in [0, 0.05) is 18.9 Å². The van der Waals surface area contributed by atoms with E-state index in [1.165, 1.54) is 5.56 Å². The van der Waals surface area contributed by atoms with E-state index in [-0.39, 0.29) is 5.91 Å². The molecule has 0 aliphatic carbocycles. The molecular formula is C14H16N2O2. The molecule has 1 heterocycles. The molecule has 0 fully saturated rings. The second kappa shape index (κ2) is 5.91. The maximum Gasteiger partial charge on any atom is 0.252 e. The summed E-state index contributed by atoms with van der Waals surface area (Å²) in [7, 11) is 1.64. The molecule has 0 saturated heterocycles. The minimum atomic E-state index is -0.0511. The Labute approximate surface area is 106 Å². The number of amides is 1. The van der Waals surface area contributed by atoms with Crippen molar-refractivity contribution in [1.82, 2.24) is 10.3 Å². The number of carbonyl (C=O) groups excluding carboxylic acids is 1. The molecule has 0 saturated carbocycles. The number of aromatic nitrogens is 1. The van der Waals surface area contributed by atoms with Gasteiger partial charge in [0.15, 0.2) is 0 Å². The van der Waals surface area contributed by atoms with Gasteiger partial charge < -0.3 is 15.0 Å². The van der Waals surface area contributed by atoms with Gasteiger partial charge in [0.05, 0.1) is 12.7 Å². The third kappa shape index (κ3) is 3.13. The largest absolute Gasteiger partial charge is 0.497 e. The number of aromatic amines is 1. The Kier molecular flexibility index (Phi) is 4.02. The van der Waals surface area contributed by atoms with Crippen LogP contribution in [0.25, 0.3) is 0 Å². The fourth-order valence-corrected chi connectivity index (χ4v) is 1.68. The topological polar surface area (TPSA) is 54.1 Å². The van der Waals surface area contributed by atoms with E-state index in [0.717, 1.165) is 12.2 Å². The first-order valence-electron chi connectivity index (χ1n) is 5.83. The summed E-state index contributed by atoms with van der Waals surface area (Å²) >= 11 is 0. The van der Waals surface area contributed by atoms with Gasteiger partial charge in [-0.1, -0.05) is 12.1 Å². The molecule has 1 amide bonds. The Bertz CT molecular complexity index is 489. The molecule has 0 aliphatic rings. The van der Waals surface area contributed by atoms with Crippen LogP contribution in [0.3, 0.4) is 0 Å². The van der Waals surface area contributed by atoms with Gasteiger partial charge >= 0.3 is 0 Å². The van der Waals surface area contributed by atoms with Crippen molar-refractivity contribution in [2.45, 2.75) is 6.42 Å². The molecule has 2 aromatic rings. The van der Waals surface area contributed by atoms with Crippen LogP contribution < -0.4 is 10.1 Å². The van der Waals surface area contributed by atoms with Crippen LogP contribution in [-0.4, -0.2) is 24.5 Å². The highest BCUT2D eigenvalue weighted by atomic mass is 16.5. The Morgan fingerprint density at radius 3 is 2.67 bits per heavy atom. The summed E-state index contributed by atoms with van der Waals surface area (Å²) in [5.41, 5.74) is 1.83. The molecule has 2 rings (SSSR count). The second-order valence-corrected chi connectivity index (χ2v) is 3.95. The van der Waals surface area contributed by atoms with Crippen molar-refractivity contribution in [2.24, 2.45) is 0 Å². The summed E-state index contributed by atoms with van der Waals surface area (Å²) in [4.78, 5) is 14.5. The average molecular weight is 244 g/mol. The summed E-state index contributed by atoms with van der Waals surface area (Å²) < 4.78 is 5.09. The highest BCUT2D eigenvalue weighted by Gasteiger charge is 2.04. The lowest BCUT2D eigenvalue weighted by atomic mass is 10.1. The zero-order valence-corrected chi connectivity index (χ0v) is 10.3. The van der Waals surface area contributed by atoms with Crippen LogP contribution in [0, 0.1) is 0 Å². The molecule has 4 heteroatoms. The average Bonchev–Trinajstić information content (AvgIpc) is 2.93. The van der Waals surface area contributed by atoms with E-state index in [0.29, 0.717) is 12.1 Å². The number of carbonyl (C=O) groups is 1. The Morgan fingerprint density at radius 2 is 2.06 bits per heavy atom. The lowest BCUT2D eigenvalue weighted by molar-refractivity contribution is 0.0954. The van der Waals surface area contributed by atoms with Crippen LogP contribution >= 0.6 is 0 Å². The molecule has 0 spiro atoms. The van der Waals surface area contributed by atoms with E-state index in [4.69, 9.17) is 4.74 Å². The predicted molar refractivity (Wildman–Crippen MR) is 69.8 cm³/mol. The zero-order valence-electron chi connectivity index (χ0n) is 10.3. The van der Waals surface area contributed by atoms with Crippen LogP contribution in [0.15, 0.2) is 42.7 Å². The molecule has 0 aliphatic heterocycles. The number of nitrogens with one attached hydrogen (secondary N) is 2. The maximum absolute atomic E-state index is 11.6. The van der Waals surface area contributed by atoms with Crippen LogP contribution in [0.2, 0.25) is 0 Å². The van der Waals surface area contributed by atoms with Crippen molar-refractivity contribution in [3.05, 3.63) is 53.9 Å². The minimum absolute atomic E-state index is 0.0511. The van der Waals surface area contributed by atoms with Crippen LogP contribution in [0.5, 0.6) is 5.75 Å². The van der Waals surface area contributed by atoms with E-state index in [1.807, 2.05) is 24.3 Å². The highest BCUT2D eigenvalue weighted by Crippen LogP contribution is 2.11. The third-order valence-corrected chi connectivity index (χ3v) is 2.72. The molecule has 2 N–H and O–H groups in total. The van der Waals surface area contributed by atoms with Crippen molar-refractivity contribution in [3.8, 4) is 5.75 Å². The third-order valence-electron chi connectivity index (χ3n) is 2.72. The quantitative estimate of drug-likeness (QED) is 0.845. The molecule has 0 atom stereocenters. The Morgan fingerprint density at radius 1 is 1.28 bits per heavy atom. The summed E-state index contributed by atoms with van der Waals surface area (Å²) in [6.45, 7) is 0.621. The maximum atomic E-state index is 11.6. The summed E-state index contributed by atoms with van der Waals surface area (Å²) in [6, 6.07) is 9.60. The smallest absolute Gasteiger partial charge is 0.252 e. The first kappa shape index (κ1) is 12.2. The molecule has 1 aromatic heterocycles. The van der Waals surface area contributed by atoms with Gasteiger partial charge in [-0.3, -0.25) is 4.79 Å². The van der Waals surface area contributed by atoms with Crippen molar-refractivity contribution in [3.63, 3.8) is 0 Å². The van der Waals surface area contributed by atoms with E-state index in [2.05, 4.69) is 10.3 Å². The highest BCUT2D eigenvalue weighted by molar-refractivity contribution is 5.93. The lowest BCUT2D eigenvalue weighted by Crippen LogP contribution is -2.25. The molecule has 1 aromatic carbocycles. The Hall–Kier alpha value is -2.23. The van der Waals surface area contributed by atoms with Crippen LogP contribution in [0.1, 0.15) is 15.9 Å². The van der Waals surface area contributed by atoms with Gasteiger partial charge in [-0.25, -0.2) is 0 Å². The number of rotatable bonds is 5. The van der Waals surface area contributed by atoms with Gasteiger partial charge in [-0.2, -0.15) is 0 Å². The molecule has 4 nitrogen and oxygen atoms in total. The van der Waals surface area contributed by atoms with Gasteiger partial charge in [0.1, 0.15) is 5.75 Å². The molecule has 0 unspecified atom stereocenters. The number of benzene rings is 1. The molecule has 94 valence electrons. The van der Waals surface area contributed by atoms with Crippen LogP contribution in [-0.2, 0) is 6.42 Å². The lowest BCUT2D eigenvalue weighted by Gasteiger charge is -2.05. The van der Waals surface area contributed by atoms with Crippen molar-refractivity contribution in [2.75, 3.05) is 13.7 Å². The molecule has 0 bridgehead atoms. The number of hydrogen-bond acceptors (Lipinski definition) is 2. The van der Waals surface area contributed by atoms with E-state index in [9.17, 15) is 4.79 Å². The predicted octanol–water partition coefficient (Wildman–Crippen LogP) is 2.00. The fourth-order valence-electron chi connectivity index (χ4n) is 1.68. The Balaban J connectivity index is 1.79. The van der Waals surface area contributed by atoms with E-state index >= 15 is 0 Å². The van der Waals surface area contributed by atoms with Gasteiger partial charge in [-0.15, -0.1) is 0 Å². The first-order chi connectivity index (χ1) is 8.79. The summed E-state index contributed by atoms with van der Waals surface area (Å²) in [5, 5.41) is 2.87. The normalized spacial score (nSPS) is 10.1. The van der Waals surface area contributed by atoms with Crippen molar-refractivity contribution >= 4 is 5.91 Å².